The predicted octanol–water partition coefficient (Wildman–Crippen LogP) is 2.47. The van der Waals surface area contributed by atoms with Gasteiger partial charge in [0.25, 0.3) is 0 Å². The van der Waals surface area contributed by atoms with Gasteiger partial charge in [0.15, 0.2) is 0 Å². The Bertz CT molecular complexity index is 383. The van der Waals surface area contributed by atoms with E-state index in [1.165, 1.54) is 38.6 Å². The molecule has 2 saturated carbocycles. The van der Waals surface area contributed by atoms with Crippen molar-refractivity contribution in [3.05, 3.63) is 0 Å². The van der Waals surface area contributed by atoms with Gasteiger partial charge in [-0.15, -0.1) is 0 Å². The van der Waals surface area contributed by atoms with E-state index >= 15 is 0 Å². The SMILES string of the molecule is CCOC(=O)C1(NC2CC2)CCC(N2CCCCC2C)C1. The minimum atomic E-state index is -0.404. The third kappa shape index (κ3) is 3.26. The smallest absolute Gasteiger partial charge is 0.326 e. The lowest BCUT2D eigenvalue weighted by molar-refractivity contribution is -0.151. The van der Waals surface area contributed by atoms with Gasteiger partial charge in [-0.1, -0.05) is 6.42 Å². The molecule has 0 bridgehead atoms. The maximum atomic E-state index is 12.5. The van der Waals surface area contributed by atoms with Crippen molar-refractivity contribution in [1.82, 2.24) is 10.2 Å². The maximum absolute atomic E-state index is 12.5. The zero-order valence-corrected chi connectivity index (χ0v) is 13.6. The van der Waals surface area contributed by atoms with Gasteiger partial charge in [-0.2, -0.15) is 0 Å². The Morgan fingerprint density at radius 3 is 2.76 bits per heavy atom. The summed E-state index contributed by atoms with van der Waals surface area (Å²) in [6.07, 6.45) is 9.40. The first-order valence-corrected chi connectivity index (χ1v) is 8.85. The molecular weight excluding hydrogens is 264 g/mol. The van der Waals surface area contributed by atoms with Gasteiger partial charge in [-0.05, 0) is 65.3 Å². The molecule has 0 aromatic heterocycles. The second-order valence-electron chi connectivity index (χ2n) is 7.20. The summed E-state index contributed by atoms with van der Waals surface area (Å²) < 4.78 is 5.40. The second-order valence-corrected chi connectivity index (χ2v) is 7.20. The summed E-state index contributed by atoms with van der Waals surface area (Å²) in [7, 11) is 0. The van der Waals surface area contributed by atoms with Gasteiger partial charge in [0.2, 0.25) is 0 Å². The van der Waals surface area contributed by atoms with Crippen molar-refractivity contribution in [2.45, 2.75) is 88.9 Å². The first-order chi connectivity index (χ1) is 10.1. The number of piperidine rings is 1. The van der Waals surface area contributed by atoms with Crippen molar-refractivity contribution in [2.75, 3.05) is 13.2 Å². The van der Waals surface area contributed by atoms with E-state index in [1.54, 1.807) is 0 Å². The van der Waals surface area contributed by atoms with Gasteiger partial charge in [0.05, 0.1) is 6.61 Å². The van der Waals surface area contributed by atoms with E-state index in [1.807, 2.05) is 6.92 Å². The molecule has 4 nitrogen and oxygen atoms in total. The molecule has 1 heterocycles. The van der Waals surface area contributed by atoms with Crippen molar-refractivity contribution in [3.63, 3.8) is 0 Å². The number of hydrogen-bond donors (Lipinski definition) is 1. The zero-order valence-electron chi connectivity index (χ0n) is 13.6. The van der Waals surface area contributed by atoms with Crippen LogP contribution in [0.15, 0.2) is 0 Å². The number of carbonyl (C=O) groups excluding carboxylic acids is 1. The summed E-state index contributed by atoms with van der Waals surface area (Å²) in [6.45, 7) is 5.94. The molecule has 0 spiro atoms. The predicted molar refractivity (Wildman–Crippen MR) is 83.2 cm³/mol. The van der Waals surface area contributed by atoms with E-state index in [4.69, 9.17) is 4.74 Å². The van der Waals surface area contributed by atoms with Crippen LogP contribution in [-0.2, 0) is 9.53 Å². The van der Waals surface area contributed by atoms with Gasteiger partial charge in [-0.3, -0.25) is 15.0 Å². The molecule has 1 N–H and O–H groups in total. The lowest BCUT2D eigenvalue weighted by Gasteiger charge is -2.39. The summed E-state index contributed by atoms with van der Waals surface area (Å²) in [5, 5.41) is 3.63. The standard InChI is InChI=1S/C17H30N2O2/c1-3-21-16(20)17(18-14-7-8-14)10-9-15(12-17)19-11-5-4-6-13(19)2/h13-15,18H,3-12H2,1-2H3. The molecule has 4 heteroatoms. The number of hydrogen-bond acceptors (Lipinski definition) is 4. The van der Waals surface area contributed by atoms with E-state index in [9.17, 15) is 4.79 Å². The van der Waals surface area contributed by atoms with Crippen LogP contribution < -0.4 is 5.32 Å². The Morgan fingerprint density at radius 2 is 2.10 bits per heavy atom. The van der Waals surface area contributed by atoms with Gasteiger partial charge < -0.3 is 4.74 Å². The molecule has 120 valence electrons. The molecule has 0 aromatic carbocycles. The fraction of sp³-hybridized carbons (Fsp3) is 0.941. The Kier molecular flexibility index (Phi) is 4.55. The Balaban J connectivity index is 1.68. The van der Waals surface area contributed by atoms with Crippen molar-refractivity contribution in [1.29, 1.82) is 0 Å². The number of esters is 1. The average molecular weight is 294 g/mol. The minimum absolute atomic E-state index is 0.0101. The number of rotatable bonds is 5. The van der Waals surface area contributed by atoms with Crippen molar-refractivity contribution in [3.8, 4) is 0 Å². The van der Waals surface area contributed by atoms with Crippen LogP contribution in [0, 0.1) is 0 Å². The molecule has 1 saturated heterocycles. The summed E-state index contributed by atoms with van der Waals surface area (Å²) in [4.78, 5) is 15.2. The van der Waals surface area contributed by atoms with E-state index in [2.05, 4.69) is 17.1 Å². The van der Waals surface area contributed by atoms with Crippen molar-refractivity contribution >= 4 is 5.97 Å². The molecule has 3 aliphatic rings. The molecule has 1 aliphatic heterocycles. The number of likely N-dealkylation sites (tertiary alicyclic amines) is 1. The van der Waals surface area contributed by atoms with Gasteiger partial charge in [0, 0.05) is 18.1 Å². The van der Waals surface area contributed by atoms with Gasteiger partial charge in [0.1, 0.15) is 5.54 Å². The first kappa shape index (κ1) is 15.3. The molecule has 2 aliphatic carbocycles. The van der Waals surface area contributed by atoms with Crippen LogP contribution in [0.25, 0.3) is 0 Å². The van der Waals surface area contributed by atoms with E-state index < -0.39 is 5.54 Å². The summed E-state index contributed by atoms with van der Waals surface area (Å²) >= 11 is 0. The minimum Gasteiger partial charge on any atom is -0.465 e. The van der Waals surface area contributed by atoms with E-state index in [0.29, 0.717) is 24.7 Å². The summed E-state index contributed by atoms with van der Waals surface area (Å²) in [6, 6.07) is 1.77. The highest BCUT2D eigenvalue weighted by Crippen LogP contribution is 2.39. The number of carbonyl (C=O) groups is 1. The Morgan fingerprint density at radius 1 is 1.29 bits per heavy atom. The number of nitrogens with one attached hydrogen (secondary N) is 1. The van der Waals surface area contributed by atoms with Crippen LogP contribution in [0.1, 0.15) is 65.2 Å². The van der Waals surface area contributed by atoms with Crippen molar-refractivity contribution < 1.29 is 9.53 Å². The van der Waals surface area contributed by atoms with Crippen LogP contribution in [0.5, 0.6) is 0 Å². The highest BCUT2D eigenvalue weighted by atomic mass is 16.5. The molecule has 21 heavy (non-hydrogen) atoms. The highest BCUT2D eigenvalue weighted by molar-refractivity contribution is 5.81. The summed E-state index contributed by atoms with van der Waals surface area (Å²) in [5.74, 6) is -0.0101. The topological polar surface area (TPSA) is 41.6 Å². The normalized spacial score (nSPS) is 37.6. The third-order valence-corrected chi connectivity index (χ3v) is 5.54. The van der Waals surface area contributed by atoms with Crippen LogP contribution in [-0.4, -0.2) is 47.7 Å². The van der Waals surface area contributed by atoms with Gasteiger partial charge in [-0.25, -0.2) is 0 Å². The number of ether oxygens (including phenoxy) is 1. The van der Waals surface area contributed by atoms with E-state index in [0.717, 1.165) is 19.3 Å². The van der Waals surface area contributed by atoms with Crippen molar-refractivity contribution in [2.24, 2.45) is 0 Å². The fourth-order valence-electron chi connectivity index (χ4n) is 4.23. The monoisotopic (exact) mass is 294 g/mol. The largest absolute Gasteiger partial charge is 0.465 e. The lowest BCUT2D eigenvalue weighted by atomic mass is 9.95. The lowest BCUT2D eigenvalue weighted by Crippen LogP contribution is -2.54. The molecular formula is C17H30N2O2. The highest BCUT2D eigenvalue weighted by Gasteiger charge is 2.50. The molecule has 3 unspecified atom stereocenters. The third-order valence-electron chi connectivity index (χ3n) is 5.54. The second kappa shape index (κ2) is 6.25. The van der Waals surface area contributed by atoms with E-state index in [-0.39, 0.29) is 5.97 Å². The molecule has 0 amide bonds. The maximum Gasteiger partial charge on any atom is 0.326 e. The first-order valence-electron chi connectivity index (χ1n) is 8.85. The van der Waals surface area contributed by atoms with Gasteiger partial charge >= 0.3 is 5.97 Å². The molecule has 3 rings (SSSR count). The molecule has 3 fully saturated rings. The van der Waals surface area contributed by atoms with Crippen LogP contribution in [0.4, 0.5) is 0 Å². The molecule has 0 radical (unpaired) electrons. The molecule has 0 aromatic rings. The fourth-order valence-corrected chi connectivity index (χ4v) is 4.23. The summed E-state index contributed by atoms with van der Waals surface area (Å²) in [5.41, 5.74) is -0.404. The quantitative estimate of drug-likeness (QED) is 0.791. The Hall–Kier alpha value is -0.610. The van der Waals surface area contributed by atoms with Crippen LogP contribution in [0.2, 0.25) is 0 Å². The zero-order chi connectivity index (χ0) is 14.9. The Labute approximate surface area is 128 Å². The molecule has 3 atom stereocenters. The van der Waals surface area contributed by atoms with Crippen LogP contribution >= 0.6 is 0 Å². The number of nitrogens with zero attached hydrogens (tertiary/aromatic N) is 1. The average Bonchev–Trinajstić information content (AvgIpc) is 3.17. The van der Waals surface area contributed by atoms with Crippen LogP contribution in [0.3, 0.4) is 0 Å².